The molecular formula is C26H20N4OS. The molecule has 1 aromatic heterocycles. The normalized spacial score (nSPS) is 10.8. The van der Waals surface area contributed by atoms with E-state index in [1.807, 2.05) is 97.1 Å². The fraction of sp³-hybridized carbons (Fsp3) is 0.0385. The first-order valence-corrected chi connectivity index (χ1v) is 11.0. The number of nitrogens with two attached hydrogens (primary N) is 1. The van der Waals surface area contributed by atoms with Gasteiger partial charge in [-0.05, 0) is 28.8 Å². The van der Waals surface area contributed by atoms with Crippen molar-refractivity contribution in [3.05, 3.63) is 111 Å². The molecule has 0 aliphatic rings. The first kappa shape index (κ1) is 21.2. The van der Waals surface area contributed by atoms with Crippen LogP contribution in [0.1, 0.15) is 22.3 Å². The molecule has 0 amide bonds. The van der Waals surface area contributed by atoms with Crippen LogP contribution in [-0.2, 0) is 5.75 Å². The van der Waals surface area contributed by atoms with Crippen LogP contribution in [0, 0.1) is 11.3 Å². The van der Waals surface area contributed by atoms with Gasteiger partial charge in [0, 0.05) is 17.0 Å². The molecule has 32 heavy (non-hydrogen) atoms. The molecule has 0 fully saturated rings. The van der Waals surface area contributed by atoms with Crippen LogP contribution in [-0.4, -0.2) is 9.97 Å². The number of H-pyrrole nitrogens is 1. The van der Waals surface area contributed by atoms with Crippen LogP contribution in [0.2, 0.25) is 0 Å². The SMILES string of the molecule is N#Cc1c(-c2ccc(/C=C/c3ccccc3)cc2)nc(SCc2ccc(N)cc2)[nH]c1=O. The number of anilines is 1. The lowest BCUT2D eigenvalue weighted by Crippen LogP contribution is -2.14. The Morgan fingerprint density at radius 1 is 0.938 bits per heavy atom. The van der Waals surface area contributed by atoms with E-state index in [9.17, 15) is 10.1 Å². The summed E-state index contributed by atoms with van der Waals surface area (Å²) in [5, 5.41) is 9.98. The van der Waals surface area contributed by atoms with Gasteiger partial charge in [0.2, 0.25) is 0 Å². The summed E-state index contributed by atoms with van der Waals surface area (Å²) < 4.78 is 0. The van der Waals surface area contributed by atoms with Crippen molar-refractivity contribution in [2.75, 3.05) is 5.73 Å². The molecule has 156 valence electrons. The van der Waals surface area contributed by atoms with Gasteiger partial charge >= 0.3 is 0 Å². The molecule has 3 aromatic carbocycles. The molecule has 0 saturated carbocycles. The minimum Gasteiger partial charge on any atom is -0.399 e. The minimum atomic E-state index is -0.439. The number of nitrogens with zero attached hydrogens (tertiary/aromatic N) is 2. The van der Waals surface area contributed by atoms with Crippen LogP contribution < -0.4 is 11.3 Å². The van der Waals surface area contributed by atoms with E-state index in [1.54, 1.807) is 0 Å². The Balaban J connectivity index is 1.57. The van der Waals surface area contributed by atoms with Crippen molar-refractivity contribution in [3.63, 3.8) is 0 Å². The summed E-state index contributed by atoms with van der Waals surface area (Å²) in [5.74, 6) is 0.623. The van der Waals surface area contributed by atoms with Gasteiger partial charge in [-0.2, -0.15) is 5.26 Å². The average molecular weight is 437 g/mol. The Kier molecular flexibility index (Phi) is 6.49. The molecule has 1 heterocycles. The second kappa shape index (κ2) is 9.82. The quantitative estimate of drug-likeness (QED) is 0.184. The predicted molar refractivity (Wildman–Crippen MR) is 131 cm³/mol. The molecule has 0 radical (unpaired) electrons. The third-order valence-corrected chi connectivity index (χ3v) is 5.76. The van der Waals surface area contributed by atoms with Crippen molar-refractivity contribution in [3.8, 4) is 17.3 Å². The Hall–Kier alpha value is -4.08. The number of nitriles is 1. The van der Waals surface area contributed by atoms with E-state index in [-0.39, 0.29) is 5.56 Å². The first-order valence-electron chi connectivity index (χ1n) is 9.97. The number of aromatic amines is 1. The minimum absolute atomic E-state index is 0.00872. The first-order chi connectivity index (χ1) is 15.6. The average Bonchev–Trinajstić information content (AvgIpc) is 2.83. The highest BCUT2D eigenvalue weighted by Gasteiger charge is 2.13. The zero-order valence-electron chi connectivity index (χ0n) is 17.2. The summed E-state index contributed by atoms with van der Waals surface area (Å²) in [5.41, 5.74) is 10.3. The summed E-state index contributed by atoms with van der Waals surface area (Å²) in [6, 6.07) is 27.2. The van der Waals surface area contributed by atoms with Gasteiger partial charge in [0.1, 0.15) is 11.6 Å². The Morgan fingerprint density at radius 2 is 1.59 bits per heavy atom. The molecule has 0 saturated heterocycles. The molecule has 4 aromatic rings. The van der Waals surface area contributed by atoms with Gasteiger partial charge < -0.3 is 10.7 Å². The summed E-state index contributed by atoms with van der Waals surface area (Å²) in [7, 11) is 0. The van der Waals surface area contributed by atoms with E-state index in [0.717, 1.165) is 22.3 Å². The Labute approximate surface area is 190 Å². The molecule has 0 aliphatic carbocycles. The number of benzene rings is 3. The van der Waals surface area contributed by atoms with Crippen molar-refractivity contribution in [2.24, 2.45) is 0 Å². The largest absolute Gasteiger partial charge is 0.399 e. The summed E-state index contributed by atoms with van der Waals surface area (Å²) >= 11 is 1.40. The zero-order chi connectivity index (χ0) is 22.3. The molecule has 4 rings (SSSR count). The summed E-state index contributed by atoms with van der Waals surface area (Å²) in [4.78, 5) is 19.8. The van der Waals surface area contributed by atoms with E-state index >= 15 is 0 Å². The molecule has 0 spiro atoms. The maximum Gasteiger partial charge on any atom is 0.270 e. The Morgan fingerprint density at radius 3 is 2.25 bits per heavy atom. The molecule has 5 nitrogen and oxygen atoms in total. The van der Waals surface area contributed by atoms with Crippen LogP contribution in [0.3, 0.4) is 0 Å². The molecule has 0 unspecified atom stereocenters. The molecule has 3 N–H and O–H groups in total. The van der Waals surface area contributed by atoms with Gasteiger partial charge in [0.05, 0.1) is 5.69 Å². The topological polar surface area (TPSA) is 95.6 Å². The highest BCUT2D eigenvalue weighted by Crippen LogP contribution is 2.25. The predicted octanol–water partition coefficient (Wildman–Crippen LogP) is 5.35. The van der Waals surface area contributed by atoms with Gasteiger partial charge in [0.15, 0.2) is 5.16 Å². The maximum absolute atomic E-state index is 12.5. The summed E-state index contributed by atoms with van der Waals surface area (Å²) in [6.45, 7) is 0. The lowest BCUT2D eigenvalue weighted by molar-refractivity contribution is 0.934. The van der Waals surface area contributed by atoms with Crippen LogP contribution in [0.4, 0.5) is 5.69 Å². The van der Waals surface area contributed by atoms with Crippen molar-refractivity contribution in [1.29, 1.82) is 5.26 Å². The highest BCUT2D eigenvalue weighted by atomic mass is 32.2. The van der Waals surface area contributed by atoms with Crippen LogP contribution in [0.25, 0.3) is 23.4 Å². The summed E-state index contributed by atoms with van der Waals surface area (Å²) in [6.07, 6.45) is 4.05. The molecule has 0 aliphatic heterocycles. The van der Waals surface area contributed by atoms with Crippen molar-refractivity contribution in [1.82, 2.24) is 9.97 Å². The van der Waals surface area contributed by atoms with E-state index in [0.29, 0.717) is 22.3 Å². The number of rotatable bonds is 6. The number of aromatic nitrogens is 2. The zero-order valence-corrected chi connectivity index (χ0v) is 18.0. The Bertz CT molecular complexity index is 1340. The van der Waals surface area contributed by atoms with Crippen molar-refractivity contribution < 1.29 is 0 Å². The molecule has 6 heteroatoms. The van der Waals surface area contributed by atoms with E-state index in [2.05, 4.69) is 9.97 Å². The van der Waals surface area contributed by atoms with Gasteiger partial charge in [0.25, 0.3) is 5.56 Å². The van der Waals surface area contributed by atoms with Crippen LogP contribution in [0.5, 0.6) is 0 Å². The lowest BCUT2D eigenvalue weighted by atomic mass is 10.0. The standard InChI is InChI=1S/C26H20N4OS/c27-16-23-24(21-12-8-19(9-13-21)7-6-18-4-2-1-3-5-18)29-26(30-25(23)31)32-17-20-10-14-22(28)15-11-20/h1-15H,17,28H2,(H,29,30,31)/b7-6+. The molecular weight excluding hydrogens is 416 g/mol. The smallest absolute Gasteiger partial charge is 0.270 e. The number of hydrogen-bond acceptors (Lipinski definition) is 5. The molecule has 0 bridgehead atoms. The van der Waals surface area contributed by atoms with Crippen LogP contribution >= 0.6 is 11.8 Å². The molecule has 0 atom stereocenters. The van der Waals surface area contributed by atoms with E-state index < -0.39 is 5.56 Å². The van der Waals surface area contributed by atoms with Gasteiger partial charge in [-0.25, -0.2) is 4.98 Å². The van der Waals surface area contributed by atoms with Gasteiger partial charge in [-0.1, -0.05) is 90.6 Å². The fourth-order valence-electron chi connectivity index (χ4n) is 3.11. The fourth-order valence-corrected chi connectivity index (χ4v) is 3.92. The maximum atomic E-state index is 12.5. The third kappa shape index (κ3) is 5.15. The van der Waals surface area contributed by atoms with Crippen molar-refractivity contribution in [2.45, 2.75) is 10.9 Å². The van der Waals surface area contributed by atoms with Crippen LogP contribution in [0.15, 0.2) is 88.8 Å². The second-order valence-electron chi connectivity index (χ2n) is 7.10. The monoisotopic (exact) mass is 436 g/mol. The van der Waals surface area contributed by atoms with E-state index in [1.165, 1.54) is 11.8 Å². The third-order valence-electron chi connectivity index (χ3n) is 4.82. The number of nitrogen functional groups attached to an aromatic ring is 1. The highest BCUT2D eigenvalue weighted by molar-refractivity contribution is 7.98. The number of thioether (sulfide) groups is 1. The van der Waals surface area contributed by atoms with Crippen molar-refractivity contribution >= 4 is 29.6 Å². The number of nitrogens with one attached hydrogen (secondary N) is 1. The second-order valence-corrected chi connectivity index (χ2v) is 8.07. The van der Waals surface area contributed by atoms with Gasteiger partial charge in [-0.15, -0.1) is 0 Å². The van der Waals surface area contributed by atoms with E-state index in [4.69, 9.17) is 5.73 Å². The number of hydrogen-bond donors (Lipinski definition) is 2. The van der Waals surface area contributed by atoms with Gasteiger partial charge in [-0.3, -0.25) is 4.79 Å². The lowest BCUT2D eigenvalue weighted by Gasteiger charge is -2.07.